The zero-order chi connectivity index (χ0) is 32.6. The Morgan fingerprint density at radius 2 is 1.27 bits per heavy atom. The van der Waals surface area contributed by atoms with Crippen LogP contribution in [0.15, 0.2) is 153 Å². The van der Waals surface area contributed by atoms with E-state index in [1.54, 1.807) is 0 Å². The second-order valence-electron chi connectivity index (χ2n) is 12.8. The van der Waals surface area contributed by atoms with Crippen LogP contribution in [-0.2, 0) is 10.8 Å². The van der Waals surface area contributed by atoms with E-state index in [9.17, 15) is 0 Å². The van der Waals surface area contributed by atoms with Crippen LogP contribution >= 0.6 is 0 Å². The maximum Gasteiger partial charge on any atom is 0.0464 e. The summed E-state index contributed by atoms with van der Waals surface area (Å²) in [6.07, 6.45) is 22.9. The monoisotopic (exact) mass is 591 g/mol. The van der Waals surface area contributed by atoms with E-state index >= 15 is 0 Å². The molecule has 0 unspecified atom stereocenters. The van der Waals surface area contributed by atoms with Crippen molar-refractivity contribution in [3.63, 3.8) is 0 Å². The van der Waals surface area contributed by atoms with Crippen LogP contribution in [0.4, 0.5) is 11.4 Å². The molecule has 0 N–H and O–H groups in total. The Hall–Kier alpha value is -4.62. The predicted molar refractivity (Wildman–Crippen MR) is 199 cm³/mol. The van der Waals surface area contributed by atoms with Gasteiger partial charge in [0.15, 0.2) is 0 Å². The van der Waals surface area contributed by atoms with Gasteiger partial charge in [0.25, 0.3) is 0 Å². The van der Waals surface area contributed by atoms with Crippen LogP contribution in [0.5, 0.6) is 0 Å². The van der Waals surface area contributed by atoms with Gasteiger partial charge in [0.1, 0.15) is 0 Å². The number of hydrogen-bond donors (Lipinski definition) is 0. The summed E-state index contributed by atoms with van der Waals surface area (Å²) in [5, 5.41) is 0. The summed E-state index contributed by atoms with van der Waals surface area (Å²) < 4.78 is 0. The summed E-state index contributed by atoms with van der Waals surface area (Å²) >= 11 is 0. The number of nitrogens with zero attached hydrogens (tertiary/aromatic N) is 1. The van der Waals surface area contributed by atoms with Gasteiger partial charge in [-0.3, -0.25) is 0 Å². The van der Waals surface area contributed by atoms with Crippen LogP contribution in [0, 0.1) is 6.92 Å². The largest absolute Gasteiger partial charge is 0.311 e. The Morgan fingerprint density at radius 1 is 0.667 bits per heavy atom. The maximum absolute atomic E-state index is 4.08. The summed E-state index contributed by atoms with van der Waals surface area (Å²) in [6, 6.07) is 22.8. The lowest BCUT2D eigenvalue weighted by Gasteiger charge is -2.44. The highest BCUT2D eigenvalue weighted by Gasteiger charge is 2.41. The van der Waals surface area contributed by atoms with Crippen molar-refractivity contribution in [2.75, 3.05) is 4.90 Å². The second kappa shape index (κ2) is 14.4. The first-order valence-corrected chi connectivity index (χ1v) is 16.0. The number of anilines is 2. The van der Waals surface area contributed by atoms with Gasteiger partial charge in [0, 0.05) is 27.9 Å². The minimum absolute atomic E-state index is 0.101. The standard InChI is InChI=1S/C44H49N/c1-10-14-15-16-17-18-22-36(21-13-4)45(37-26-24-35(25-27-37)34(19-11-2)20-12-3)38-28-30-40-42(32-38)44(8,9)41-31-33(5)23-29-39(41)43(40,6)7/h10-15,18-19,21-32H,1-4,16-17,20H2,5-9H3/b15-14-,22-18-,34-19+,36-21+. The number of allylic oxidation sites excluding steroid dienone is 11. The average molecular weight is 592 g/mol. The molecule has 1 nitrogen and oxygen atoms in total. The van der Waals surface area contributed by atoms with Crippen LogP contribution in [0.3, 0.4) is 0 Å². The quantitative estimate of drug-likeness (QED) is 0.109. The lowest BCUT2D eigenvalue weighted by Crippen LogP contribution is -2.36. The van der Waals surface area contributed by atoms with Gasteiger partial charge in [0.2, 0.25) is 0 Å². The highest BCUT2D eigenvalue weighted by molar-refractivity contribution is 5.76. The molecule has 0 aromatic heterocycles. The topological polar surface area (TPSA) is 3.24 Å². The van der Waals surface area contributed by atoms with Gasteiger partial charge in [-0.2, -0.15) is 0 Å². The number of rotatable bonds is 13. The molecule has 0 bridgehead atoms. The molecule has 0 saturated heterocycles. The predicted octanol–water partition coefficient (Wildman–Crippen LogP) is 12.4. The van der Waals surface area contributed by atoms with Crippen molar-refractivity contribution in [2.24, 2.45) is 0 Å². The fourth-order valence-electron chi connectivity index (χ4n) is 6.51. The molecule has 1 aliphatic carbocycles. The van der Waals surface area contributed by atoms with E-state index < -0.39 is 0 Å². The third-order valence-electron chi connectivity index (χ3n) is 8.92. The lowest BCUT2D eigenvalue weighted by atomic mass is 9.60. The number of unbranched alkanes of at least 4 members (excludes halogenated alkanes) is 1. The van der Waals surface area contributed by atoms with E-state index in [0.29, 0.717) is 0 Å². The Balaban J connectivity index is 1.88. The zero-order valence-corrected chi connectivity index (χ0v) is 27.9. The Morgan fingerprint density at radius 3 is 1.91 bits per heavy atom. The molecule has 45 heavy (non-hydrogen) atoms. The molecule has 0 radical (unpaired) electrons. The summed E-state index contributed by atoms with van der Waals surface area (Å²) in [6.45, 7) is 27.4. The van der Waals surface area contributed by atoms with Crippen LogP contribution < -0.4 is 4.90 Å². The van der Waals surface area contributed by atoms with E-state index in [-0.39, 0.29) is 10.8 Å². The smallest absolute Gasteiger partial charge is 0.0464 e. The van der Waals surface area contributed by atoms with E-state index in [0.717, 1.165) is 41.9 Å². The molecule has 0 saturated carbocycles. The molecule has 0 heterocycles. The fraction of sp³-hybridized carbons (Fsp3) is 0.227. The molecular formula is C44H49N. The summed E-state index contributed by atoms with van der Waals surface area (Å²) in [7, 11) is 0. The highest BCUT2D eigenvalue weighted by Crippen LogP contribution is 2.51. The van der Waals surface area contributed by atoms with Crippen molar-refractivity contribution in [3.05, 3.63) is 187 Å². The van der Waals surface area contributed by atoms with E-state index in [2.05, 4.69) is 157 Å². The van der Waals surface area contributed by atoms with Gasteiger partial charge in [-0.25, -0.2) is 0 Å². The second-order valence-corrected chi connectivity index (χ2v) is 12.8. The third kappa shape index (κ3) is 7.04. The fourth-order valence-corrected chi connectivity index (χ4v) is 6.51. The molecule has 0 fully saturated rings. The molecule has 230 valence electrons. The van der Waals surface area contributed by atoms with Crippen molar-refractivity contribution < 1.29 is 0 Å². The average Bonchev–Trinajstić information content (AvgIpc) is 3.02. The number of benzene rings is 3. The van der Waals surface area contributed by atoms with E-state index in [4.69, 9.17) is 0 Å². The molecular weight excluding hydrogens is 542 g/mol. The van der Waals surface area contributed by atoms with Crippen molar-refractivity contribution >= 4 is 16.9 Å². The first-order valence-electron chi connectivity index (χ1n) is 16.0. The normalized spacial score (nSPS) is 15.4. The minimum Gasteiger partial charge on any atom is -0.311 e. The van der Waals surface area contributed by atoms with Crippen LogP contribution in [0.2, 0.25) is 0 Å². The Kier molecular flexibility index (Phi) is 10.7. The van der Waals surface area contributed by atoms with Crippen molar-refractivity contribution in [3.8, 4) is 0 Å². The van der Waals surface area contributed by atoms with Crippen LogP contribution in [0.1, 0.15) is 80.3 Å². The van der Waals surface area contributed by atoms with Crippen LogP contribution in [-0.4, -0.2) is 0 Å². The zero-order valence-electron chi connectivity index (χ0n) is 27.9. The number of fused-ring (bicyclic) bond motifs is 2. The van der Waals surface area contributed by atoms with Crippen molar-refractivity contribution in [1.29, 1.82) is 0 Å². The number of hydrogen-bond acceptors (Lipinski definition) is 1. The first-order chi connectivity index (χ1) is 21.6. The summed E-state index contributed by atoms with van der Waals surface area (Å²) in [4.78, 5) is 2.35. The molecule has 0 atom stereocenters. The Labute approximate surface area is 272 Å². The molecule has 0 spiro atoms. The minimum atomic E-state index is -0.150. The van der Waals surface area contributed by atoms with Gasteiger partial charge in [-0.1, -0.05) is 138 Å². The van der Waals surface area contributed by atoms with Gasteiger partial charge >= 0.3 is 0 Å². The van der Waals surface area contributed by atoms with Gasteiger partial charge in [-0.15, -0.1) is 6.58 Å². The molecule has 3 aromatic carbocycles. The number of aryl methyl sites for hydroxylation is 1. The third-order valence-corrected chi connectivity index (χ3v) is 8.92. The summed E-state index contributed by atoms with van der Waals surface area (Å²) in [5.41, 5.74) is 12.2. The molecule has 1 aliphatic rings. The maximum atomic E-state index is 4.08. The molecule has 0 amide bonds. The summed E-state index contributed by atoms with van der Waals surface area (Å²) in [5.74, 6) is 0. The van der Waals surface area contributed by atoms with Crippen molar-refractivity contribution in [2.45, 2.75) is 64.7 Å². The van der Waals surface area contributed by atoms with Gasteiger partial charge in [-0.05, 0) is 96.0 Å². The SMILES string of the molecule is C=C/C=C\CC/C=C\C(=C/C=C)N(c1ccc(/C(=C/C=C)CC=C)cc1)c1ccc2c(c1)C(C)(C)c1cc(C)ccc1C2(C)C. The van der Waals surface area contributed by atoms with E-state index in [1.165, 1.54) is 33.4 Å². The molecule has 3 aromatic rings. The molecule has 0 aliphatic heterocycles. The molecule has 4 rings (SSSR count). The van der Waals surface area contributed by atoms with E-state index in [1.807, 2.05) is 30.4 Å². The lowest BCUT2D eigenvalue weighted by molar-refractivity contribution is 0.520. The first kappa shape index (κ1) is 33.3. The molecule has 1 heteroatoms. The van der Waals surface area contributed by atoms with Crippen molar-refractivity contribution in [1.82, 2.24) is 0 Å². The highest BCUT2D eigenvalue weighted by atomic mass is 15.1. The van der Waals surface area contributed by atoms with Gasteiger partial charge < -0.3 is 4.90 Å². The van der Waals surface area contributed by atoms with Gasteiger partial charge in [0.05, 0.1) is 0 Å². The Bertz CT molecular complexity index is 1680. The van der Waals surface area contributed by atoms with Crippen LogP contribution in [0.25, 0.3) is 5.57 Å².